The van der Waals surface area contributed by atoms with Gasteiger partial charge in [0.05, 0.1) is 55.3 Å². The lowest BCUT2D eigenvalue weighted by molar-refractivity contribution is -0.139. The van der Waals surface area contributed by atoms with Crippen LogP contribution in [0.15, 0.2) is 55.9 Å². The highest BCUT2D eigenvalue weighted by Gasteiger charge is 2.35. The maximum absolute atomic E-state index is 13.9. The van der Waals surface area contributed by atoms with Crippen molar-refractivity contribution in [1.29, 1.82) is 0 Å². The molecule has 1 aromatic heterocycles. The Hall–Kier alpha value is -3.57. The zero-order valence-corrected chi connectivity index (χ0v) is 24.2. The summed E-state index contributed by atoms with van der Waals surface area (Å²) >= 11 is 4.72. The van der Waals surface area contributed by atoms with Crippen LogP contribution in [0.1, 0.15) is 31.0 Å². The first-order chi connectivity index (χ1) is 18.3. The quantitative estimate of drug-likeness (QED) is 0.363. The molecule has 0 spiro atoms. The minimum absolute atomic E-state index is 0.181. The van der Waals surface area contributed by atoms with E-state index >= 15 is 0 Å². The van der Waals surface area contributed by atoms with Crippen LogP contribution in [-0.2, 0) is 9.53 Å². The molecule has 0 amide bonds. The van der Waals surface area contributed by atoms with Gasteiger partial charge in [0.15, 0.2) is 16.3 Å². The Bertz CT molecular complexity index is 1610. The zero-order valence-electron chi connectivity index (χ0n) is 21.8. The van der Waals surface area contributed by atoms with Crippen molar-refractivity contribution in [3.63, 3.8) is 0 Å². The number of nitrogens with zero attached hydrogens (tertiary/aromatic N) is 2. The lowest BCUT2D eigenvalue weighted by Crippen LogP contribution is -2.40. The molecule has 3 aromatic rings. The predicted octanol–water partition coefficient (Wildman–Crippen LogP) is 3.60. The SMILES string of the molecule is CCOC(=O)C1=C(C)N=c2s/c(=C\c3cc(Br)c(OC)c(OC)c3)c(=O)n2[C@H]1c1ccc(OC)cc1OC. The van der Waals surface area contributed by atoms with E-state index in [2.05, 4.69) is 20.9 Å². The zero-order chi connectivity index (χ0) is 27.6. The fourth-order valence-corrected chi connectivity index (χ4v) is 5.97. The molecule has 200 valence electrons. The second-order valence-corrected chi connectivity index (χ2v) is 10.0. The number of aromatic nitrogens is 1. The average molecular weight is 603 g/mol. The Kier molecular flexibility index (Phi) is 8.27. The number of benzene rings is 2. The summed E-state index contributed by atoms with van der Waals surface area (Å²) in [5.41, 5.74) is 1.75. The van der Waals surface area contributed by atoms with Gasteiger partial charge in [0, 0.05) is 11.6 Å². The lowest BCUT2D eigenvalue weighted by Gasteiger charge is -2.26. The Morgan fingerprint density at radius 3 is 2.45 bits per heavy atom. The molecular formula is C27H27BrN2O7S. The van der Waals surface area contributed by atoms with Crippen LogP contribution in [0.3, 0.4) is 0 Å². The molecule has 0 bridgehead atoms. The summed E-state index contributed by atoms with van der Waals surface area (Å²) in [6.07, 6.45) is 1.75. The van der Waals surface area contributed by atoms with Crippen molar-refractivity contribution in [1.82, 2.24) is 4.57 Å². The molecule has 38 heavy (non-hydrogen) atoms. The van der Waals surface area contributed by atoms with E-state index in [1.54, 1.807) is 65.5 Å². The molecule has 1 aliphatic rings. The van der Waals surface area contributed by atoms with Crippen molar-refractivity contribution >= 4 is 39.3 Å². The number of hydrogen-bond donors (Lipinski definition) is 0. The lowest BCUT2D eigenvalue weighted by atomic mass is 9.95. The molecule has 0 saturated carbocycles. The van der Waals surface area contributed by atoms with E-state index in [1.807, 2.05) is 6.07 Å². The summed E-state index contributed by atoms with van der Waals surface area (Å²) in [5, 5.41) is 0. The molecule has 11 heteroatoms. The van der Waals surface area contributed by atoms with Gasteiger partial charge < -0.3 is 23.7 Å². The molecule has 0 fully saturated rings. The largest absolute Gasteiger partial charge is 0.497 e. The third-order valence-electron chi connectivity index (χ3n) is 6.01. The number of fused-ring (bicyclic) bond motifs is 1. The third kappa shape index (κ3) is 4.95. The Balaban J connectivity index is 1.98. The van der Waals surface area contributed by atoms with Gasteiger partial charge in [0.1, 0.15) is 17.5 Å². The molecule has 0 aliphatic carbocycles. The summed E-state index contributed by atoms with van der Waals surface area (Å²) in [5.74, 6) is 1.56. The standard InChI is InChI=1S/C27H27BrN2O7S/c1-7-37-26(32)22-14(2)29-27-30(23(22)17-9-8-16(33-3)13-19(17)34-4)25(31)21(38-27)12-15-10-18(28)24(36-6)20(11-15)35-5/h8-13,23H,7H2,1-6H3/b21-12-/t23-/m0/s1. The number of thiazole rings is 1. The minimum atomic E-state index is -0.814. The monoisotopic (exact) mass is 602 g/mol. The van der Waals surface area contributed by atoms with E-state index in [0.29, 0.717) is 48.1 Å². The molecule has 2 aromatic carbocycles. The molecule has 0 saturated heterocycles. The van der Waals surface area contributed by atoms with Gasteiger partial charge in [-0.15, -0.1) is 0 Å². The number of halogens is 1. The van der Waals surface area contributed by atoms with Crippen LogP contribution in [0, 0.1) is 0 Å². The molecule has 4 rings (SSSR count). The van der Waals surface area contributed by atoms with Crippen LogP contribution in [0.25, 0.3) is 6.08 Å². The van der Waals surface area contributed by atoms with Gasteiger partial charge >= 0.3 is 5.97 Å². The van der Waals surface area contributed by atoms with Crippen LogP contribution in [0.4, 0.5) is 0 Å². The fraction of sp³-hybridized carbons (Fsp3) is 0.296. The van der Waals surface area contributed by atoms with Gasteiger partial charge in [-0.2, -0.15) is 0 Å². The minimum Gasteiger partial charge on any atom is -0.497 e. The van der Waals surface area contributed by atoms with Crippen molar-refractivity contribution < 1.29 is 28.5 Å². The van der Waals surface area contributed by atoms with Crippen LogP contribution in [0.5, 0.6) is 23.0 Å². The number of carbonyl (C=O) groups is 1. The van der Waals surface area contributed by atoms with Gasteiger partial charge in [-0.3, -0.25) is 9.36 Å². The van der Waals surface area contributed by atoms with Gasteiger partial charge in [-0.05, 0) is 65.7 Å². The van der Waals surface area contributed by atoms with Gasteiger partial charge in [0.25, 0.3) is 5.56 Å². The smallest absolute Gasteiger partial charge is 0.338 e. The van der Waals surface area contributed by atoms with E-state index in [4.69, 9.17) is 23.7 Å². The van der Waals surface area contributed by atoms with Crippen molar-refractivity contribution in [3.05, 3.63) is 76.9 Å². The van der Waals surface area contributed by atoms with E-state index in [0.717, 1.165) is 5.56 Å². The normalized spacial score (nSPS) is 15.0. The van der Waals surface area contributed by atoms with E-state index < -0.39 is 12.0 Å². The van der Waals surface area contributed by atoms with Gasteiger partial charge in [-0.25, -0.2) is 9.79 Å². The highest BCUT2D eigenvalue weighted by molar-refractivity contribution is 9.10. The maximum Gasteiger partial charge on any atom is 0.338 e. The summed E-state index contributed by atoms with van der Waals surface area (Å²) < 4.78 is 29.8. The molecule has 0 unspecified atom stereocenters. The Morgan fingerprint density at radius 2 is 1.82 bits per heavy atom. The van der Waals surface area contributed by atoms with Crippen LogP contribution in [0.2, 0.25) is 0 Å². The number of ether oxygens (including phenoxy) is 5. The van der Waals surface area contributed by atoms with Gasteiger partial charge in [0.2, 0.25) is 0 Å². The third-order valence-corrected chi connectivity index (χ3v) is 7.58. The van der Waals surface area contributed by atoms with Crippen LogP contribution in [-0.4, -0.2) is 45.6 Å². The Morgan fingerprint density at radius 1 is 1.08 bits per heavy atom. The Labute approximate surface area is 231 Å². The molecule has 1 atom stereocenters. The molecule has 0 radical (unpaired) electrons. The molecule has 0 N–H and O–H groups in total. The fourth-order valence-electron chi connectivity index (χ4n) is 4.30. The second-order valence-electron chi connectivity index (χ2n) is 8.15. The summed E-state index contributed by atoms with van der Waals surface area (Å²) in [7, 11) is 6.18. The maximum atomic E-state index is 13.9. The number of allylic oxidation sites excluding steroid dienone is 1. The number of hydrogen-bond acceptors (Lipinski definition) is 9. The molecular weight excluding hydrogens is 576 g/mol. The summed E-state index contributed by atoms with van der Waals surface area (Å²) in [6, 6.07) is 8.05. The number of methoxy groups -OCH3 is 4. The number of rotatable bonds is 8. The highest BCUT2D eigenvalue weighted by atomic mass is 79.9. The summed E-state index contributed by atoms with van der Waals surface area (Å²) in [4.78, 5) is 32.1. The molecule has 2 heterocycles. The van der Waals surface area contributed by atoms with Crippen molar-refractivity contribution in [3.8, 4) is 23.0 Å². The first-order valence-electron chi connectivity index (χ1n) is 11.6. The van der Waals surface area contributed by atoms with E-state index in [9.17, 15) is 9.59 Å². The van der Waals surface area contributed by atoms with E-state index in [-0.39, 0.29) is 17.7 Å². The molecule has 9 nitrogen and oxygen atoms in total. The van der Waals surface area contributed by atoms with Crippen molar-refractivity contribution in [2.24, 2.45) is 4.99 Å². The van der Waals surface area contributed by atoms with Crippen LogP contribution < -0.4 is 33.8 Å². The summed E-state index contributed by atoms with van der Waals surface area (Å²) in [6.45, 7) is 3.64. The first-order valence-corrected chi connectivity index (χ1v) is 13.2. The molecule has 1 aliphatic heterocycles. The number of esters is 1. The second kappa shape index (κ2) is 11.4. The first kappa shape index (κ1) is 27.5. The van der Waals surface area contributed by atoms with Crippen molar-refractivity contribution in [2.75, 3.05) is 35.0 Å². The van der Waals surface area contributed by atoms with Gasteiger partial charge in [-0.1, -0.05) is 11.3 Å². The van der Waals surface area contributed by atoms with E-state index in [1.165, 1.54) is 23.0 Å². The topological polar surface area (TPSA) is 97.6 Å². The van der Waals surface area contributed by atoms with Crippen LogP contribution >= 0.6 is 27.3 Å². The predicted molar refractivity (Wildman–Crippen MR) is 147 cm³/mol. The number of carbonyl (C=O) groups excluding carboxylic acids is 1. The average Bonchev–Trinajstić information content (AvgIpc) is 3.21. The van der Waals surface area contributed by atoms with Crippen molar-refractivity contribution in [2.45, 2.75) is 19.9 Å². The highest BCUT2D eigenvalue weighted by Crippen LogP contribution is 2.38.